The molecule has 3 fully saturated rings. The van der Waals surface area contributed by atoms with Crippen LogP contribution < -0.4 is 0 Å². The number of allylic oxidation sites excluding steroid dienone is 2. The average molecular weight is 404 g/mol. The van der Waals surface area contributed by atoms with Crippen molar-refractivity contribution < 1.29 is 26.7 Å². The first kappa shape index (κ1) is 20.3. The van der Waals surface area contributed by atoms with E-state index in [1.54, 1.807) is 13.0 Å². The fourth-order valence-corrected chi connectivity index (χ4v) is 7.85. The predicted octanol–water partition coefficient (Wildman–Crippen LogP) is 6.58. The van der Waals surface area contributed by atoms with E-state index in [0.29, 0.717) is 25.7 Å². The maximum absolute atomic E-state index is 14.4. The van der Waals surface area contributed by atoms with Gasteiger partial charge in [-0.3, -0.25) is 4.79 Å². The highest BCUT2D eigenvalue weighted by atomic mass is 19.4. The Balaban J connectivity index is 1.67. The van der Waals surface area contributed by atoms with E-state index in [9.17, 15) is 26.7 Å². The minimum absolute atomic E-state index is 0.0512. The Morgan fingerprint density at radius 2 is 1.64 bits per heavy atom. The molecule has 4 aliphatic rings. The summed E-state index contributed by atoms with van der Waals surface area (Å²) in [4.78, 5) is 12.0. The van der Waals surface area contributed by atoms with Crippen molar-refractivity contribution in [1.29, 1.82) is 0 Å². The third-order valence-corrected chi connectivity index (χ3v) is 9.39. The lowest BCUT2D eigenvalue weighted by atomic mass is 9.44. The Hall–Kier alpha value is -0.940. The van der Waals surface area contributed by atoms with Crippen molar-refractivity contribution in [2.75, 3.05) is 0 Å². The van der Waals surface area contributed by atoms with Gasteiger partial charge < -0.3 is 0 Å². The quantitative estimate of drug-likeness (QED) is 0.451. The van der Waals surface area contributed by atoms with Gasteiger partial charge in [0.15, 0.2) is 5.78 Å². The molecule has 7 atom stereocenters. The molecule has 0 aromatic heterocycles. The summed E-state index contributed by atoms with van der Waals surface area (Å²) in [7, 11) is 0. The number of carbonyl (C=O) groups is 1. The highest BCUT2D eigenvalue weighted by molar-refractivity contribution is 5.91. The molecule has 2 unspecified atom stereocenters. The second kappa shape index (κ2) is 6.04. The minimum Gasteiger partial charge on any atom is -0.295 e. The first-order chi connectivity index (χ1) is 12.8. The Labute approximate surface area is 163 Å². The van der Waals surface area contributed by atoms with Gasteiger partial charge >= 0.3 is 12.1 Å². The van der Waals surface area contributed by atoms with Crippen molar-refractivity contribution in [2.24, 2.45) is 40.4 Å². The van der Waals surface area contributed by atoms with Crippen LogP contribution in [0.25, 0.3) is 0 Å². The molecule has 0 bridgehead atoms. The van der Waals surface area contributed by atoms with Crippen LogP contribution in [0.15, 0.2) is 11.6 Å². The van der Waals surface area contributed by atoms with Crippen molar-refractivity contribution in [1.82, 2.24) is 0 Å². The Morgan fingerprint density at radius 3 is 2.29 bits per heavy atom. The highest BCUT2D eigenvalue weighted by Crippen LogP contribution is 2.70. The van der Waals surface area contributed by atoms with Gasteiger partial charge in [0.25, 0.3) is 0 Å². The zero-order valence-corrected chi connectivity index (χ0v) is 16.7. The van der Waals surface area contributed by atoms with E-state index in [0.717, 1.165) is 18.4 Å². The SMILES string of the molecule is CC1=CC(=O)CC2CC[C@@H]3[C@@H](CC[C@]4(C)C(C(F)(F)C(F)(F)F)CC[C@@H]34)[C@@]12C. The summed E-state index contributed by atoms with van der Waals surface area (Å²) < 4.78 is 68.1. The van der Waals surface area contributed by atoms with E-state index in [4.69, 9.17) is 0 Å². The van der Waals surface area contributed by atoms with Crippen LogP contribution in [-0.4, -0.2) is 17.9 Å². The molecule has 6 heteroatoms. The summed E-state index contributed by atoms with van der Waals surface area (Å²) in [5, 5.41) is 0. The van der Waals surface area contributed by atoms with Crippen molar-refractivity contribution in [3.05, 3.63) is 11.6 Å². The van der Waals surface area contributed by atoms with Gasteiger partial charge in [0.05, 0.1) is 0 Å². The molecule has 0 heterocycles. The topological polar surface area (TPSA) is 17.1 Å². The monoisotopic (exact) mass is 404 g/mol. The summed E-state index contributed by atoms with van der Waals surface area (Å²) in [6.07, 6.45) is -0.0136. The molecular formula is C22H29F5O. The van der Waals surface area contributed by atoms with E-state index in [1.165, 1.54) is 0 Å². The number of alkyl halides is 5. The molecule has 4 aliphatic carbocycles. The summed E-state index contributed by atoms with van der Waals surface area (Å²) in [6.45, 7) is 5.88. The van der Waals surface area contributed by atoms with Gasteiger partial charge in [0.2, 0.25) is 0 Å². The van der Waals surface area contributed by atoms with Crippen molar-refractivity contribution in [3.8, 4) is 0 Å². The maximum Gasteiger partial charge on any atom is 0.453 e. The van der Waals surface area contributed by atoms with Gasteiger partial charge in [-0.2, -0.15) is 22.0 Å². The summed E-state index contributed by atoms with van der Waals surface area (Å²) in [5.74, 6) is -5.47. The number of halogens is 5. The number of hydrogen-bond donors (Lipinski definition) is 0. The molecule has 0 saturated heterocycles. The normalized spacial score (nSPS) is 46.5. The maximum atomic E-state index is 14.4. The third-order valence-electron chi connectivity index (χ3n) is 9.39. The van der Waals surface area contributed by atoms with E-state index in [-0.39, 0.29) is 41.3 Å². The molecule has 28 heavy (non-hydrogen) atoms. The van der Waals surface area contributed by atoms with E-state index >= 15 is 0 Å². The largest absolute Gasteiger partial charge is 0.453 e. The van der Waals surface area contributed by atoms with Gasteiger partial charge in [-0.25, -0.2) is 0 Å². The van der Waals surface area contributed by atoms with E-state index in [2.05, 4.69) is 6.92 Å². The smallest absolute Gasteiger partial charge is 0.295 e. The predicted molar refractivity (Wildman–Crippen MR) is 95.7 cm³/mol. The molecule has 3 saturated carbocycles. The van der Waals surface area contributed by atoms with Crippen LogP contribution in [0.4, 0.5) is 22.0 Å². The number of fused-ring (bicyclic) bond motifs is 5. The standard InChI is InChI=1S/C22H29F5O/c1-12-10-14(28)11-13-4-5-15-16-6-7-18(21(23,24)22(25,26)27)19(16,2)9-8-17(15)20(12,13)3/h10,13,15-18H,4-9,11H2,1-3H3/t13?,15-,16-,17+,18?,19-,20-/m0/s1. The molecule has 0 aromatic rings. The van der Waals surface area contributed by atoms with Crippen molar-refractivity contribution in [3.63, 3.8) is 0 Å². The van der Waals surface area contributed by atoms with Crippen molar-refractivity contribution in [2.45, 2.75) is 77.8 Å². The summed E-state index contributed by atoms with van der Waals surface area (Å²) in [6, 6.07) is 0. The molecule has 4 rings (SSSR count). The van der Waals surface area contributed by atoms with Crippen LogP contribution >= 0.6 is 0 Å². The van der Waals surface area contributed by atoms with Crippen LogP contribution in [0.3, 0.4) is 0 Å². The average Bonchev–Trinajstić information content (AvgIpc) is 2.93. The van der Waals surface area contributed by atoms with E-state index < -0.39 is 23.4 Å². The van der Waals surface area contributed by atoms with Gasteiger partial charge in [-0.05, 0) is 86.0 Å². The zero-order chi connectivity index (χ0) is 20.7. The van der Waals surface area contributed by atoms with Crippen LogP contribution in [0.5, 0.6) is 0 Å². The third kappa shape index (κ3) is 2.51. The van der Waals surface area contributed by atoms with Gasteiger partial charge in [0, 0.05) is 12.3 Å². The van der Waals surface area contributed by atoms with Crippen molar-refractivity contribution >= 4 is 5.78 Å². The van der Waals surface area contributed by atoms with Crippen LogP contribution in [0.2, 0.25) is 0 Å². The fraction of sp³-hybridized carbons (Fsp3) is 0.864. The van der Waals surface area contributed by atoms with Crippen LogP contribution in [0.1, 0.15) is 65.7 Å². The Kier molecular flexibility index (Phi) is 4.39. The van der Waals surface area contributed by atoms with Crippen LogP contribution in [0, 0.1) is 40.4 Å². The zero-order valence-electron chi connectivity index (χ0n) is 16.7. The molecule has 1 nitrogen and oxygen atoms in total. The molecular weight excluding hydrogens is 375 g/mol. The molecule has 0 N–H and O–H groups in total. The van der Waals surface area contributed by atoms with Gasteiger partial charge in [-0.1, -0.05) is 19.4 Å². The molecule has 0 radical (unpaired) electrons. The first-order valence-electron chi connectivity index (χ1n) is 10.5. The van der Waals surface area contributed by atoms with Crippen LogP contribution in [-0.2, 0) is 4.79 Å². The second-order valence-corrected chi connectivity index (χ2v) is 10.2. The van der Waals surface area contributed by atoms with Gasteiger partial charge in [0.1, 0.15) is 0 Å². The van der Waals surface area contributed by atoms with E-state index in [1.807, 2.05) is 6.92 Å². The molecule has 158 valence electrons. The highest BCUT2D eigenvalue weighted by Gasteiger charge is 2.71. The fourth-order valence-electron chi connectivity index (χ4n) is 7.85. The summed E-state index contributed by atoms with van der Waals surface area (Å²) >= 11 is 0. The lowest BCUT2D eigenvalue weighted by Crippen LogP contribution is -2.56. The molecule has 0 aliphatic heterocycles. The lowest BCUT2D eigenvalue weighted by Gasteiger charge is -2.60. The Morgan fingerprint density at radius 1 is 0.964 bits per heavy atom. The van der Waals surface area contributed by atoms with Gasteiger partial charge in [-0.15, -0.1) is 0 Å². The lowest BCUT2D eigenvalue weighted by molar-refractivity contribution is -0.316. The number of ketones is 1. The number of carbonyl (C=O) groups excluding carboxylic acids is 1. The first-order valence-corrected chi connectivity index (χ1v) is 10.5. The minimum atomic E-state index is -5.49. The Bertz CT molecular complexity index is 710. The molecule has 0 aromatic carbocycles. The molecule has 0 spiro atoms. The number of rotatable bonds is 1. The second-order valence-electron chi connectivity index (χ2n) is 10.2. The number of hydrogen-bond acceptors (Lipinski definition) is 1. The summed E-state index contributed by atoms with van der Waals surface area (Å²) in [5.41, 5.74) is -0.0314. The molecule has 0 amide bonds.